The molecule has 0 aromatic heterocycles. The number of halogens is 1. The fourth-order valence-electron chi connectivity index (χ4n) is 4.40. The van der Waals surface area contributed by atoms with Crippen LogP contribution in [-0.2, 0) is 4.79 Å². The van der Waals surface area contributed by atoms with Crippen LogP contribution in [-0.4, -0.2) is 45.1 Å². The van der Waals surface area contributed by atoms with E-state index in [0.717, 1.165) is 5.56 Å². The van der Waals surface area contributed by atoms with E-state index in [-0.39, 0.29) is 11.8 Å². The van der Waals surface area contributed by atoms with Crippen LogP contribution >= 0.6 is 11.6 Å². The van der Waals surface area contributed by atoms with E-state index in [0.29, 0.717) is 39.1 Å². The molecule has 2 atom stereocenters. The SMILES string of the molecule is COc1ccc(Cl)cc1NC(=O)[C@@H]1c2ccccc2C(=O)N(C)[C@H]1c1ccc(OC)c(OC)c1. The van der Waals surface area contributed by atoms with Gasteiger partial charge in [0.2, 0.25) is 5.91 Å². The number of nitrogens with zero attached hydrogens (tertiary/aromatic N) is 1. The molecular weight excluding hydrogens is 456 g/mol. The Morgan fingerprint density at radius 2 is 1.59 bits per heavy atom. The van der Waals surface area contributed by atoms with Gasteiger partial charge in [-0.15, -0.1) is 0 Å². The molecule has 3 aromatic rings. The molecule has 0 fully saturated rings. The predicted octanol–water partition coefficient (Wildman–Crippen LogP) is 4.92. The van der Waals surface area contributed by atoms with Crippen molar-refractivity contribution >= 4 is 29.1 Å². The smallest absolute Gasteiger partial charge is 0.254 e. The Kier molecular flexibility index (Phi) is 6.65. The van der Waals surface area contributed by atoms with Crippen LogP contribution in [0.3, 0.4) is 0 Å². The van der Waals surface area contributed by atoms with Crippen LogP contribution in [0, 0.1) is 0 Å². The first-order valence-corrected chi connectivity index (χ1v) is 11.0. The number of rotatable bonds is 6. The van der Waals surface area contributed by atoms with Gasteiger partial charge in [-0.2, -0.15) is 0 Å². The van der Waals surface area contributed by atoms with Crippen LogP contribution in [0.25, 0.3) is 0 Å². The summed E-state index contributed by atoms with van der Waals surface area (Å²) in [5.41, 5.74) is 2.31. The number of likely N-dealkylation sites (N-methyl/N-ethyl adjacent to an activating group) is 1. The minimum absolute atomic E-state index is 0.167. The summed E-state index contributed by atoms with van der Waals surface area (Å²) in [4.78, 5) is 28.7. The third-order valence-electron chi connectivity index (χ3n) is 6.03. The maximum absolute atomic E-state index is 13.8. The molecule has 0 bridgehead atoms. The lowest BCUT2D eigenvalue weighted by Crippen LogP contribution is -2.44. The fourth-order valence-corrected chi connectivity index (χ4v) is 4.57. The van der Waals surface area contributed by atoms with Gasteiger partial charge < -0.3 is 24.4 Å². The maximum atomic E-state index is 13.8. The molecule has 0 saturated carbocycles. The largest absolute Gasteiger partial charge is 0.495 e. The van der Waals surface area contributed by atoms with Gasteiger partial charge in [0.15, 0.2) is 11.5 Å². The second-order valence-corrected chi connectivity index (χ2v) is 8.31. The average molecular weight is 481 g/mol. The zero-order valence-corrected chi connectivity index (χ0v) is 20.1. The van der Waals surface area contributed by atoms with E-state index in [2.05, 4.69) is 5.32 Å². The zero-order valence-electron chi connectivity index (χ0n) is 19.3. The van der Waals surface area contributed by atoms with Crippen LogP contribution in [0.1, 0.15) is 33.4 Å². The second-order valence-electron chi connectivity index (χ2n) is 7.87. The molecule has 1 aliphatic heterocycles. The van der Waals surface area contributed by atoms with Crippen LogP contribution in [0.15, 0.2) is 60.7 Å². The van der Waals surface area contributed by atoms with Gasteiger partial charge in [0.1, 0.15) is 5.75 Å². The first-order chi connectivity index (χ1) is 16.4. The van der Waals surface area contributed by atoms with E-state index in [9.17, 15) is 9.59 Å². The van der Waals surface area contributed by atoms with Crippen LogP contribution in [0.5, 0.6) is 17.2 Å². The van der Waals surface area contributed by atoms with Crippen molar-refractivity contribution in [3.05, 3.63) is 82.4 Å². The molecule has 34 heavy (non-hydrogen) atoms. The molecule has 4 rings (SSSR count). The summed E-state index contributed by atoms with van der Waals surface area (Å²) >= 11 is 6.17. The Morgan fingerprint density at radius 1 is 0.912 bits per heavy atom. The lowest BCUT2D eigenvalue weighted by Gasteiger charge is -2.40. The third-order valence-corrected chi connectivity index (χ3v) is 6.27. The van der Waals surface area contributed by atoms with E-state index < -0.39 is 12.0 Å². The molecule has 0 saturated heterocycles. The van der Waals surface area contributed by atoms with Gasteiger partial charge in [0.05, 0.1) is 39.0 Å². The number of ether oxygens (including phenoxy) is 3. The topological polar surface area (TPSA) is 77.1 Å². The number of nitrogens with one attached hydrogen (secondary N) is 1. The Bertz CT molecular complexity index is 1250. The molecule has 0 spiro atoms. The van der Waals surface area contributed by atoms with E-state index >= 15 is 0 Å². The number of methoxy groups -OCH3 is 3. The molecule has 176 valence electrons. The molecule has 0 radical (unpaired) electrons. The van der Waals surface area contributed by atoms with Crippen molar-refractivity contribution < 1.29 is 23.8 Å². The lowest BCUT2D eigenvalue weighted by molar-refractivity contribution is -0.119. The fraction of sp³-hybridized carbons (Fsp3) is 0.231. The Hall–Kier alpha value is -3.71. The number of carbonyl (C=O) groups excluding carboxylic acids is 2. The van der Waals surface area contributed by atoms with Gasteiger partial charge in [-0.3, -0.25) is 9.59 Å². The lowest BCUT2D eigenvalue weighted by atomic mass is 9.79. The first kappa shape index (κ1) is 23.4. The highest BCUT2D eigenvalue weighted by molar-refractivity contribution is 6.31. The van der Waals surface area contributed by atoms with E-state index in [4.69, 9.17) is 25.8 Å². The molecule has 8 heteroatoms. The summed E-state index contributed by atoms with van der Waals surface area (Å²) in [5, 5.41) is 3.42. The first-order valence-electron chi connectivity index (χ1n) is 10.6. The zero-order chi connectivity index (χ0) is 24.4. The molecular formula is C26H25ClN2O5. The maximum Gasteiger partial charge on any atom is 0.254 e. The summed E-state index contributed by atoms with van der Waals surface area (Å²) in [6.07, 6.45) is 0. The molecule has 3 aromatic carbocycles. The average Bonchev–Trinajstić information content (AvgIpc) is 2.85. The minimum atomic E-state index is -0.708. The van der Waals surface area contributed by atoms with Crippen molar-refractivity contribution in [2.75, 3.05) is 33.7 Å². The highest BCUT2D eigenvalue weighted by atomic mass is 35.5. The summed E-state index contributed by atoms with van der Waals surface area (Å²) in [6, 6.07) is 17.0. The molecule has 0 unspecified atom stereocenters. The van der Waals surface area contributed by atoms with Crippen molar-refractivity contribution in [1.29, 1.82) is 0 Å². The predicted molar refractivity (Wildman–Crippen MR) is 130 cm³/mol. The van der Waals surface area contributed by atoms with Crippen LogP contribution < -0.4 is 19.5 Å². The van der Waals surface area contributed by atoms with Gasteiger partial charge in [-0.25, -0.2) is 0 Å². The van der Waals surface area contributed by atoms with Crippen LogP contribution in [0.2, 0.25) is 5.02 Å². The number of benzene rings is 3. The summed E-state index contributed by atoms with van der Waals surface area (Å²) in [6.45, 7) is 0. The van der Waals surface area contributed by atoms with Crippen molar-refractivity contribution in [3.63, 3.8) is 0 Å². The highest BCUT2D eigenvalue weighted by Gasteiger charge is 2.43. The van der Waals surface area contributed by atoms with Crippen LogP contribution in [0.4, 0.5) is 5.69 Å². The number of hydrogen-bond donors (Lipinski definition) is 1. The van der Waals surface area contributed by atoms with Crippen molar-refractivity contribution in [1.82, 2.24) is 4.90 Å². The summed E-state index contributed by atoms with van der Waals surface area (Å²) in [7, 11) is 6.31. The molecule has 1 aliphatic rings. The van der Waals surface area contributed by atoms with Gasteiger partial charge in [-0.05, 0) is 47.5 Å². The number of hydrogen-bond acceptors (Lipinski definition) is 5. The molecule has 0 aliphatic carbocycles. The van der Waals surface area contributed by atoms with Crippen molar-refractivity contribution in [2.24, 2.45) is 0 Å². The third kappa shape index (κ3) is 4.15. The van der Waals surface area contributed by atoms with E-state index in [1.807, 2.05) is 18.2 Å². The highest BCUT2D eigenvalue weighted by Crippen LogP contribution is 2.44. The van der Waals surface area contributed by atoms with E-state index in [1.165, 1.54) is 7.11 Å². The van der Waals surface area contributed by atoms with Gasteiger partial charge in [-0.1, -0.05) is 35.9 Å². The van der Waals surface area contributed by atoms with Crippen molar-refractivity contribution in [2.45, 2.75) is 12.0 Å². The molecule has 1 N–H and O–H groups in total. The Labute approximate surface area is 203 Å². The second kappa shape index (κ2) is 9.65. The quantitative estimate of drug-likeness (QED) is 0.542. The van der Waals surface area contributed by atoms with Gasteiger partial charge in [0.25, 0.3) is 5.91 Å². The van der Waals surface area contributed by atoms with Gasteiger partial charge in [0, 0.05) is 17.6 Å². The number of carbonyl (C=O) groups is 2. The minimum Gasteiger partial charge on any atom is -0.495 e. The van der Waals surface area contributed by atoms with E-state index in [1.54, 1.807) is 68.6 Å². The standard InChI is InChI=1S/C26H25ClN2O5/c1-29-24(15-9-11-21(33-3)22(13-15)34-4)23(17-7-5-6-8-18(17)26(29)31)25(30)28-19-14-16(27)10-12-20(19)32-2/h5-14,23-24H,1-4H3,(H,28,30)/t23-,24+/m1/s1. The molecule has 2 amide bonds. The van der Waals surface area contributed by atoms with Crippen molar-refractivity contribution in [3.8, 4) is 17.2 Å². The number of fused-ring (bicyclic) bond motifs is 1. The molecule has 7 nitrogen and oxygen atoms in total. The summed E-state index contributed by atoms with van der Waals surface area (Å²) < 4.78 is 16.2. The number of anilines is 1. The Balaban J connectivity index is 1.84. The molecule has 1 heterocycles. The number of amides is 2. The van der Waals surface area contributed by atoms with Gasteiger partial charge >= 0.3 is 0 Å². The summed E-state index contributed by atoms with van der Waals surface area (Å²) in [5.74, 6) is 0.373. The monoisotopic (exact) mass is 480 g/mol. The Morgan fingerprint density at radius 3 is 2.29 bits per heavy atom. The normalized spacial score (nSPS) is 17.1.